The summed E-state index contributed by atoms with van der Waals surface area (Å²) in [6, 6.07) is 13.0. The van der Waals surface area contributed by atoms with Crippen molar-refractivity contribution in [3.8, 4) is 11.5 Å². The lowest BCUT2D eigenvalue weighted by atomic mass is 9.86. The van der Waals surface area contributed by atoms with Gasteiger partial charge in [0.25, 0.3) is 0 Å². The van der Waals surface area contributed by atoms with Crippen molar-refractivity contribution in [2.24, 2.45) is 0 Å². The lowest BCUT2D eigenvalue weighted by molar-refractivity contribution is 0.0729. The highest BCUT2D eigenvalue weighted by Crippen LogP contribution is 2.29. The van der Waals surface area contributed by atoms with Gasteiger partial charge in [0.1, 0.15) is 17.1 Å². The Morgan fingerprint density at radius 2 is 1.21 bits per heavy atom. The SMILES string of the molecule is CCCCCCCCCCCCCCCCCCc1ccccc1OC(=O)c1cc(C(C)(C)C)ccc1O. The minimum absolute atomic E-state index is 0.0433. The molecule has 3 heteroatoms. The van der Waals surface area contributed by atoms with Gasteiger partial charge in [-0.15, -0.1) is 0 Å². The minimum Gasteiger partial charge on any atom is -0.507 e. The highest BCUT2D eigenvalue weighted by molar-refractivity contribution is 5.94. The van der Waals surface area contributed by atoms with Gasteiger partial charge in [0.15, 0.2) is 0 Å². The highest BCUT2D eigenvalue weighted by Gasteiger charge is 2.20. The van der Waals surface area contributed by atoms with Crippen molar-refractivity contribution in [1.82, 2.24) is 0 Å². The van der Waals surface area contributed by atoms with Crippen LogP contribution in [0.3, 0.4) is 0 Å². The molecule has 0 bridgehead atoms. The predicted molar refractivity (Wildman–Crippen MR) is 161 cm³/mol. The van der Waals surface area contributed by atoms with Crippen LogP contribution in [-0.2, 0) is 11.8 Å². The summed E-state index contributed by atoms with van der Waals surface area (Å²) in [5, 5.41) is 10.3. The maximum atomic E-state index is 12.9. The van der Waals surface area contributed by atoms with E-state index in [-0.39, 0.29) is 16.7 Å². The van der Waals surface area contributed by atoms with Crippen LogP contribution in [0.25, 0.3) is 0 Å². The van der Waals surface area contributed by atoms with Crippen LogP contribution in [0.4, 0.5) is 0 Å². The molecular formula is C35H54O3. The van der Waals surface area contributed by atoms with Crippen LogP contribution in [0, 0.1) is 0 Å². The van der Waals surface area contributed by atoms with Gasteiger partial charge in [-0.2, -0.15) is 0 Å². The molecule has 0 amide bonds. The first kappa shape index (κ1) is 31.9. The number of rotatable bonds is 19. The average Bonchev–Trinajstić information content (AvgIpc) is 2.88. The van der Waals surface area contributed by atoms with Crippen molar-refractivity contribution in [3.05, 3.63) is 59.2 Å². The van der Waals surface area contributed by atoms with E-state index in [9.17, 15) is 9.90 Å². The first-order chi connectivity index (χ1) is 18.3. The zero-order valence-electron chi connectivity index (χ0n) is 24.8. The Hall–Kier alpha value is -2.29. The number of carbonyl (C=O) groups excluding carboxylic acids is 1. The van der Waals surface area contributed by atoms with E-state index in [0.29, 0.717) is 5.75 Å². The molecule has 0 aromatic heterocycles. The van der Waals surface area contributed by atoms with E-state index < -0.39 is 5.97 Å². The normalized spacial score (nSPS) is 11.6. The summed E-state index contributed by atoms with van der Waals surface area (Å²) >= 11 is 0. The minimum atomic E-state index is -0.506. The monoisotopic (exact) mass is 522 g/mol. The van der Waals surface area contributed by atoms with E-state index in [0.717, 1.165) is 24.0 Å². The quantitative estimate of drug-likeness (QED) is 0.113. The van der Waals surface area contributed by atoms with Gasteiger partial charge in [-0.3, -0.25) is 0 Å². The summed E-state index contributed by atoms with van der Waals surface area (Å²) in [7, 11) is 0. The van der Waals surface area contributed by atoms with Crippen LogP contribution in [0.5, 0.6) is 11.5 Å². The predicted octanol–water partition coefficient (Wildman–Crippen LogP) is 10.7. The number of esters is 1. The van der Waals surface area contributed by atoms with E-state index in [1.54, 1.807) is 12.1 Å². The van der Waals surface area contributed by atoms with Gasteiger partial charge in [-0.05, 0) is 47.6 Å². The second-order valence-electron chi connectivity index (χ2n) is 12.0. The van der Waals surface area contributed by atoms with Crippen molar-refractivity contribution in [2.75, 3.05) is 0 Å². The first-order valence-electron chi connectivity index (χ1n) is 15.5. The molecule has 0 saturated carbocycles. The largest absolute Gasteiger partial charge is 0.507 e. The second kappa shape index (κ2) is 18.1. The van der Waals surface area contributed by atoms with Crippen molar-refractivity contribution in [1.29, 1.82) is 0 Å². The summed E-state index contributed by atoms with van der Waals surface area (Å²) < 4.78 is 5.76. The average molecular weight is 523 g/mol. The summed E-state index contributed by atoms with van der Waals surface area (Å²) in [6.45, 7) is 8.54. The van der Waals surface area contributed by atoms with Crippen molar-refractivity contribution in [3.63, 3.8) is 0 Å². The maximum absolute atomic E-state index is 12.9. The molecule has 0 aliphatic heterocycles. The molecule has 0 saturated heterocycles. The first-order valence-corrected chi connectivity index (χ1v) is 15.5. The number of aryl methyl sites for hydroxylation is 1. The smallest absolute Gasteiger partial charge is 0.347 e. The summed E-state index contributed by atoms with van der Waals surface area (Å²) in [4.78, 5) is 12.9. The molecule has 0 unspecified atom stereocenters. The fourth-order valence-corrected chi connectivity index (χ4v) is 4.99. The second-order valence-corrected chi connectivity index (χ2v) is 12.0. The van der Waals surface area contributed by atoms with Crippen molar-refractivity contribution in [2.45, 2.75) is 142 Å². The molecule has 0 spiro atoms. The van der Waals surface area contributed by atoms with E-state index >= 15 is 0 Å². The number of aromatic hydroxyl groups is 1. The molecule has 1 N–H and O–H groups in total. The molecule has 0 atom stereocenters. The van der Waals surface area contributed by atoms with E-state index in [1.807, 2.05) is 30.3 Å². The molecule has 2 aromatic rings. The van der Waals surface area contributed by atoms with Crippen LogP contribution in [-0.4, -0.2) is 11.1 Å². The summed E-state index contributed by atoms with van der Waals surface area (Å²) in [6.07, 6.45) is 22.6. The standard InChI is InChI=1S/C35H54O3/c1-5-6-7-8-9-10-11-12-13-14-15-16-17-18-19-20-23-29-24-21-22-25-33(29)38-34(37)31-28-30(35(2,3)4)26-27-32(31)36/h21-22,24-28,36H,5-20,23H2,1-4H3. The molecule has 2 rings (SSSR count). The van der Waals surface area contributed by atoms with Crippen LogP contribution >= 0.6 is 0 Å². The van der Waals surface area contributed by atoms with Gasteiger partial charge >= 0.3 is 5.97 Å². The fraction of sp³-hybridized carbons (Fsp3) is 0.629. The Labute approximate surface area is 233 Å². The van der Waals surface area contributed by atoms with Gasteiger partial charge in [0.05, 0.1) is 0 Å². The third-order valence-electron chi connectivity index (χ3n) is 7.56. The summed E-state index contributed by atoms with van der Waals surface area (Å²) in [5.74, 6) is 0.0466. The Kier molecular flexibility index (Phi) is 15.2. The molecule has 0 fully saturated rings. The number of benzene rings is 2. The molecule has 2 aromatic carbocycles. The number of unbranched alkanes of at least 4 members (excludes halogenated alkanes) is 15. The van der Waals surface area contributed by atoms with Gasteiger partial charge in [0.2, 0.25) is 0 Å². The third kappa shape index (κ3) is 12.5. The molecule has 0 heterocycles. The van der Waals surface area contributed by atoms with Gasteiger partial charge in [0, 0.05) is 0 Å². The van der Waals surface area contributed by atoms with Crippen molar-refractivity contribution < 1.29 is 14.6 Å². The molecule has 3 nitrogen and oxygen atoms in total. The number of phenolic OH excluding ortho intramolecular Hbond substituents is 1. The van der Waals surface area contributed by atoms with Gasteiger partial charge < -0.3 is 9.84 Å². The number of ether oxygens (including phenoxy) is 1. The Morgan fingerprint density at radius 1 is 0.711 bits per heavy atom. The number of carbonyl (C=O) groups is 1. The zero-order valence-corrected chi connectivity index (χ0v) is 24.8. The van der Waals surface area contributed by atoms with Crippen LogP contribution < -0.4 is 4.74 Å². The zero-order chi connectivity index (χ0) is 27.6. The number of para-hydroxylation sites is 1. The number of hydrogen-bond donors (Lipinski definition) is 1. The lowest BCUT2D eigenvalue weighted by Gasteiger charge is -2.20. The molecule has 0 radical (unpaired) electrons. The molecule has 38 heavy (non-hydrogen) atoms. The lowest BCUT2D eigenvalue weighted by Crippen LogP contribution is -2.15. The van der Waals surface area contributed by atoms with E-state index in [4.69, 9.17) is 4.74 Å². The number of phenols is 1. The Morgan fingerprint density at radius 3 is 1.74 bits per heavy atom. The van der Waals surface area contributed by atoms with Gasteiger partial charge in [-0.1, -0.05) is 148 Å². The van der Waals surface area contributed by atoms with E-state index in [2.05, 4.69) is 27.7 Å². The Balaban J connectivity index is 1.62. The molecule has 0 aliphatic carbocycles. The third-order valence-corrected chi connectivity index (χ3v) is 7.56. The Bertz CT molecular complexity index is 925. The summed E-state index contributed by atoms with van der Waals surface area (Å²) in [5.41, 5.74) is 2.14. The van der Waals surface area contributed by atoms with Crippen LogP contribution in [0.2, 0.25) is 0 Å². The molecular weight excluding hydrogens is 468 g/mol. The number of hydrogen-bond acceptors (Lipinski definition) is 3. The van der Waals surface area contributed by atoms with E-state index in [1.165, 1.54) is 96.3 Å². The van der Waals surface area contributed by atoms with Crippen LogP contribution in [0.15, 0.2) is 42.5 Å². The highest BCUT2D eigenvalue weighted by atomic mass is 16.5. The molecule has 212 valence electrons. The van der Waals surface area contributed by atoms with Crippen molar-refractivity contribution >= 4 is 5.97 Å². The maximum Gasteiger partial charge on any atom is 0.347 e. The fourth-order valence-electron chi connectivity index (χ4n) is 4.99. The topological polar surface area (TPSA) is 46.5 Å². The molecule has 0 aliphatic rings. The van der Waals surface area contributed by atoms with Crippen LogP contribution in [0.1, 0.15) is 152 Å². The van der Waals surface area contributed by atoms with Gasteiger partial charge in [-0.25, -0.2) is 4.79 Å².